The summed E-state index contributed by atoms with van der Waals surface area (Å²) in [6.07, 6.45) is 4.25. The fraction of sp³-hybridized carbons (Fsp3) is 0.143. The van der Waals surface area contributed by atoms with Crippen molar-refractivity contribution in [1.82, 2.24) is 24.5 Å². The lowest BCUT2D eigenvalue weighted by atomic mass is 9.94. The summed E-state index contributed by atoms with van der Waals surface area (Å²) in [6.45, 7) is 0.762. The molecule has 4 N–H and O–H groups in total. The minimum absolute atomic E-state index is 0.0739. The molecule has 3 aromatic carbocycles. The molecule has 0 aliphatic carbocycles. The molecule has 7 rings (SSSR count). The largest absolute Gasteiger partial charge is 0.507 e. The standard InChI is InChI=1S/C28H23N7O4S/c1-40(38,39)17-6-7-20-15(8-17)9-21(33-20)28(37)35-12-16(11-34-14-32-26(29)25-27(34)31-13-30-25)24-19-5-3-2-4-18(19)23(36)10-22(24)35/h2-10,13-14,16,29,33,36H,11-12H2,1H3,(H,30,31)/t16-/m1/s1. The fourth-order valence-electron chi connectivity index (χ4n) is 5.67. The Morgan fingerprint density at radius 2 is 1.93 bits per heavy atom. The van der Waals surface area contributed by atoms with Crippen LogP contribution in [0.25, 0.3) is 32.8 Å². The Labute approximate surface area is 227 Å². The van der Waals surface area contributed by atoms with Crippen LogP contribution in [-0.2, 0) is 16.4 Å². The number of carbonyl (C=O) groups excluding carboxylic acids is 1. The molecule has 6 aromatic rings. The van der Waals surface area contributed by atoms with Crippen LogP contribution >= 0.6 is 0 Å². The lowest BCUT2D eigenvalue weighted by molar-refractivity contribution is 0.0984. The molecule has 12 heteroatoms. The normalized spacial score (nSPS) is 15.3. The van der Waals surface area contributed by atoms with E-state index in [1.165, 1.54) is 12.4 Å². The molecule has 1 atom stereocenters. The van der Waals surface area contributed by atoms with E-state index in [9.17, 15) is 18.3 Å². The molecule has 1 aliphatic heterocycles. The second kappa shape index (κ2) is 8.52. The van der Waals surface area contributed by atoms with Crippen molar-refractivity contribution in [2.24, 2.45) is 0 Å². The van der Waals surface area contributed by atoms with Crippen molar-refractivity contribution in [1.29, 1.82) is 5.41 Å². The highest BCUT2D eigenvalue weighted by Gasteiger charge is 2.36. The smallest absolute Gasteiger partial charge is 0.274 e. The molecule has 1 aliphatic rings. The maximum atomic E-state index is 14.0. The van der Waals surface area contributed by atoms with E-state index in [4.69, 9.17) is 5.41 Å². The molecular weight excluding hydrogens is 530 g/mol. The number of nitrogens with zero attached hydrogens (tertiary/aromatic N) is 4. The van der Waals surface area contributed by atoms with Gasteiger partial charge < -0.3 is 24.5 Å². The molecule has 1 amide bonds. The summed E-state index contributed by atoms with van der Waals surface area (Å²) >= 11 is 0. The first-order valence-corrected chi connectivity index (χ1v) is 14.4. The average molecular weight is 554 g/mol. The number of nitrogens with one attached hydrogen (secondary N) is 3. The average Bonchev–Trinajstić information content (AvgIpc) is 3.67. The third-order valence-electron chi connectivity index (χ3n) is 7.51. The number of fused-ring (bicyclic) bond motifs is 5. The molecule has 0 spiro atoms. The van der Waals surface area contributed by atoms with E-state index < -0.39 is 9.84 Å². The molecule has 0 unspecified atom stereocenters. The van der Waals surface area contributed by atoms with Crippen LogP contribution < -0.4 is 10.4 Å². The summed E-state index contributed by atoms with van der Waals surface area (Å²) in [4.78, 5) is 30.4. The number of carbonyl (C=O) groups is 1. The van der Waals surface area contributed by atoms with Gasteiger partial charge in [-0.1, -0.05) is 24.3 Å². The summed E-state index contributed by atoms with van der Waals surface area (Å²) < 4.78 is 25.9. The number of hydrogen-bond acceptors (Lipinski definition) is 7. The van der Waals surface area contributed by atoms with Crippen molar-refractivity contribution in [2.45, 2.75) is 17.4 Å². The SMILES string of the molecule is CS(=O)(=O)c1ccc2[nH]c(C(=O)N3C[C@@H](Cn4cnc(=N)c5[nH]cnc54)c4c3cc(O)c3ccccc43)cc2c1. The molecule has 3 aromatic heterocycles. The summed E-state index contributed by atoms with van der Waals surface area (Å²) in [5.41, 5.74) is 3.69. The van der Waals surface area contributed by atoms with Gasteiger partial charge in [0.05, 0.1) is 23.2 Å². The number of aromatic hydroxyl groups is 1. The Morgan fingerprint density at radius 3 is 2.73 bits per heavy atom. The van der Waals surface area contributed by atoms with Gasteiger partial charge in [-0.2, -0.15) is 0 Å². The quantitative estimate of drug-likeness (QED) is 0.262. The molecule has 0 bridgehead atoms. The van der Waals surface area contributed by atoms with E-state index in [-0.39, 0.29) is 28.0 Å². The molecule has 0 saturated carbocycles. The van der Waals surface area contributed by atoms with Gasteiger partial charge in [0.1, 0.15) is 17.0 Å². The Morgan fingerprint density at radius 1 is 1.12 bits per heavy atom. The first-order chi connectivity index (χ1) is 19.2. The number of amides is 1. The van der Waals surface area contributed by atoms with Crippen LogP contribution in [0.2, 0.25) is 0 Å². The number of benzene rings is 3. The van der Waals surface area contributed by atoms with Crippen LogP contribution in [0.1, 0.15) is 22.0 Å². The van der Waals surface area contributed by atoms with Gasteiger partial charge in [-0.3, -0.25) is 10.2 Å². The van der Waals surface area contributed by atoms with E-state index in [1.54, 1.807) is 35.5 Å². The molecule has 0 saturated heterocycles. The number of phenols is 1. The van der Waals surface area contributed by atoms with Crippen LogP contribution in [0.3, 0.4) is 0 Å². The van der Waals surface area contributed by atoms with Gasteiger partial charge in [0, 0.05) is 47.6 Å². The fourth-order valence-corrected chi connectivity index (χ4v) is 6.32. The number of imidazole rings is 1. The van der Waals surface area contributed by atoms with E-state index in [0.29, 0.717) is 51.9 Å². The van der Waals surface area contributed by atoms with Crippen LogP contribution in [0.15, 0.2) is 72.1 Å². The van der Waals surface area contributed by atoms with Crippen molar-refractivity contribution in [2.75, 3.05) is 17.7 Å². The van der Waals surface area contributed by atoms with Crippen LogP contribution in [0.4, 0.5) is 5.69 Å². The van der Waals surface area contributed by atoms with Crippen LogP contribution in [0.5, 0.6) is 5.75 Å². The third kappa shape index (κ3) is 3.67. The summed E-state index contributed by atoms with van der Waals surface area (Å²) in [7, 11) is -3.40. The monoisotopic (exact) mass is 553 g/mol. The second-order valence-corrected chi connectivity index (χ2v) is 12.1. The summed E-state index contributed by atoms with van der Waals surface area (Å²) in [5.74, 6) is -0.399. The summed E-state index contributed by atoms with van der Waals surface area (Å²) in [5, 5.41) is 21.1. The maximum Gasteiger partial charge on any atom is 0.274 e. The second-order valence-electron chi connectivity index (χ2n) is 10.0. The van der Waals surface area contributed by atoms with Gasteiger partial charge in [-0.25, -0.2) is 18.4 Å². The van der Waals surface area contributed by atoms with E-state index in [1.807, 2.05) is 28.8 Å². The van der Waals surface area contributed by atoms with Crippen LogP contribution in [0, 0.1) is 5.41 Å². The zero-order valence-electron chi connectivity index (χ0n) is 21.2. The first-order valence-electron chi connectivity index (χ1n) is 12.5. The lowest BCUT2D eigenvalue weighted by Crippen LogP contribution is -2.31. The van der Waals surface area contributed by atoms with Crippen molar-refractivity contribution < 1.29 is 18.3 Å². The molecule has 40 heavy (non-hydrogen) atoms. The van der Waals surface area contributed by atoms with Gasteiger partial charge >= 0.3 is 0 Å². The third-order valence-corrected chi connectivity index (χ3v) is 8.62. The number of hydrogen-bond donors (Lipinski definition) is 4. The Balaban J connectivity index is 1.34. The number of aromatic nitrogens is 5. The predicted octanol–water partition coefficient (Wildman–Crippen LogP) is 3.43. The van der Waals surface area contributed by atoms with Gasteiger partial charge in [0.15, 0.2) is 21.0 Å². The van der Waals surface area contributed by atoms with Crippen molar-refractivity contribution in [3.8, 4) is 5.75 Å². The highest BCUT2D eigenvalue weighted by Crippen LogP contribution is 2.46. The number of rotatable bonds is 4. The molecule has 0 radical (unpaired) electrons. The van der Waals surface area contributed by atoms with Crippen molar-refractivity contribution in [3.05, 3.63) is 84.0 Å². The van der Waals surface area contributed by atoms with E-state index in [0.717, 1.165) is 17.2 Å². The molecule has 11 nitrogen and oxygen atoms in total. The molecule has 0 fully saturated rings. The minimum Gasteiger partial charge on any atom is -0.507 e. The number of sulfone groups is 1. The first kappa shape index (κ1) is 24.1. The minimum atomic E-state index is -3.40. The number of phenolic OH excluding ortho intramolecular Hbond substituents is 1. The van der Waals surface area contributed by atoms with Crippen molar-refractivity contribution in [3.63, 3.8) is 0 Å². The van der Waals surface area contributed by atoms with Gasteiger partial charge in [0.25, 0.3) is 5.91 Å². The zero-order chi connectivity index (χ0) is 27.8. The Kier molecular flexibility index (Phi) is 5.13. The van der Waals surface area contributed by atoms with E-state index >= 15 is 0 Å². The predicted molar refractivity (Wildman–Crippen MR) is 149 cm³/mol. The number of aromatic amines is 2. The Hall–Kier alpha value is -4.97. The van der Waals surface area contributed by atoms with Gasteiger partial charge in [-0.15, -0.1) is 0 Å². The summed E-state index contributed by atoms with van der Waals surface area (Å²) in [6, 6.07) is 15.5. The molecule has 4 heterocycles. The lowest BCUT2D eigenvalue weighted by Gasteiger charge is -2.18. The van der Waals surface area contributed by atoms with Crippen LogP contribution in [-0.4, -0.2) is 56.7 Å². The van der Waals surface area contributed by atoms with Crippen molar-refractivity contribution >= 4 is 54.3 Å². The highest BCUT2D eigenvalue weighted by molar-refractivity contribution is 7.90. The van der Waals surface area contributed by atoms with E-state index in [2.05, 4.69) is 19.9 Å². The topological polar surface area (TPSA) is 161 Å². The number of H-pyrrole nitrogens is 2. The highest BCUT2D eigenvalue weighted by atomic mass is 32.2. The molecular formula is C28H23N7O4S. The maximum absolute atomic E-state index is 14.0. The molecule has 200 valence electrons. The van der Waals surface area contributed by atoms with Gasteiger partial charge in [0.2, 0.25) is 0 Å². The van der Waals surface area contributed by atoms with Gasteiger partial charge in [-0.05, 0) is 35.2 Å². The number of anilines is 1. The zero-order valence-corrected chi connectivity index (χ0v) is 22.0. The Bertz CT molecular complexity index is 2180.